The van der Waals surface area contributed by atoms with E-state index < -0.39 is 0 Å². The van der Waals surface area contributed by atoms with Gasteiger partial charge in [-0.15, -0.1) is 0 Å². The maximum atomic E-state index is 14.0. The highest BCUT2D eigenvalue weighted by molar-refractivity contribution is 5.75. The van der Waals surface area contributed by atoms with Gasteiger partial charge < -0.3 is 14.2 Å². The maximum Gasteiger partial charge on any atom is 0.132 e. The van der Waals surface area contributed by atoms with E-state index in [4.69, 9.17) is 24.2 Å². The second-order valence-electron chi connectivity index (χ2n) is 6.43. The first-order chi connectivity index (χ1) is 14.1. The van der Waals surface area contributed by atoms with Gasteiger partial charge in [0.1, 0.15) is 23.1 Å². The molecule has 0 fully saturated rings. The zero-order valence-corrected chi connectivity index (χ0v) is 17.4. The van der Waals surface area contributed by atoms with Crippen molar-refractivity contribution in [3.63, 3.8) is 0 Å². The third-order valence-electron chi connectivity index (χ3n) is 4.79. The first kappa shape index (κ1) is 20.6. The Bertz CT molecular complexity index is 1020. The predicted octanol–water partition coefficient (Wildman–Crippen LogP) is 5.10. The molecule has 3 aromatic rings. The van der Waals surface area contributed by atoms with Gasteiger partial charge in [0.05, 0.1) is 44.1 Å². The first-order valence-corrected chi connectivity index (χ1v) is 9.52. The minimum absolute atomic E-state index is 0.344. The van der Waals surface area contributed by atoms with Gasteiger partial charge in [0.15, 0.2) is 0 Å². The monoisotopic (exact) mass is 396 g/mol. The van der Waals surface area contributed by atoms with Crippen LogP contribution in [0.2, 0.25) is 0 Å². The van der Waals surface area contributed by atoms with Crippen molar-refractivity contribution in [2.45, 2.75) is 26.7 Å². The molecule has 0 amide bonds. The van der Waals surface area contributed by atoms with Crippen molar-refractivity contribution in [1.82, 2.24) is 9.97 Å². The molecule has 0 bridgehead atoms. The third-order valence-corrected chi connectivity index (χ3v) is 4.79. The summed E-state index contributed by atoms with van der Waals surface area (Å²) in [6, 6.07) is 10.0. The number of methoxy groups -OCH3 is 3. The topological polar surface area (TPSA) is 53.5 Å². The average Bonchev–Trinajstić information content (AvgIpc) is 2.77. The Morgan fingerprint density at radius 2 is 1.34 bits per heavy atom. The van der Waals surface area contributed by atoms with Crippen molar-refractivity contribution < 1.29 is 18.6 Å². The number of aromatic nitrogens is 2. The van der Waals surface area contributed by atoms with Crippen LogP contribution in [0.3, 0.4) is 0 Å². The highest BCUT2D eigenvalue weighted by atomic mass is 19.1. The summed E-state index contributed by atoms with van der Waals surface area (Å²) >= 11 is 0. The lowest BCUT2D eigenvalue weighted by Gasteiger charge is -2.17. The van der Waals surface area contributed by atoms with Gasteiger partial charge >= 0.3 is 0 Å². The molecule has 0 unspecified atom stereocenters. The van der Waals surface area contributed by atoms with Gasteiger partial charge in [-0.05, 0) is 43.2 Å². The van der Waals surface area contributed by atoms with Crippen LogP contribution in [0, 0.1) is 5.82 Å². The van der Waals surface area contributed by atoms with Crippen molar-refractivity contribution in [3.05, 3.63) is 53.6 Å². The number of halogens is 1. The third kappa shape index (κ3) is 4.01. The van der Waals surface area contributed by atoms with E-state index in [-0.39, 0.29) is 5.82 Å². The summed E-state index contributed by atoms with van der Waals surface area (Å²) in [4.78, 5) is 9.80. The molecule has 1 aromatic heterocycles. The lowest BCUT2D eigenvalue weighted by Crippen LogP contribution is -2.06. The van der Waals surface area contributed by atoms with Gasteiger partial charge in [0.25, 0.3) is 0 Å². The van der Waals surface area contributed by atoms with Gasteiger partial charge in [-0.2, -0.15) is 0 Å². The number of hydrogen-bond acceptors (Lipinski definition) is 5. The molecule has 0 aliphatic heterocycles. The summed E-state index contributed by atoms with van der Waals surface area (Å²) in [5, 5.41) is 0. The molecule has 0 N–H and O–H groups in total. The molecule has 1 heterocycles. The van der Waals surface area contributed by atoms with Crippen LogP contribution >= 0.6 is 0 Å². The smallest absolute Gasteiger partial charge is 0.132 e. The first-order valence-electron chi connectivity index (χ1n) is 9.52. The fraction of sp³-hybridized carbons (Fsp3) is 0.304. The van der Waals surface area contributed by atoms with E-state index in [1.54, 1.807) is 27.4 Å². The zero-order chi connectivity index (χ0) is 21.0. The van der Waals surface area contributed by atoms with Crippen LogP contribution in [-0.4, -0.2) is 31.3 Å². The number of benzene rings is 2. The fourth-order valence-corrected chi connectivity index (χ4v) is 3.29. The largest absolute Gasteiger partial charge is 0.497 e. The Morgan fingerprint density at radius 3 is 1.90 bits per heavy atom. The normalized spacial score (nSPS) is 10.7. The number of hydrogen-bond donors (Lipinski definition) is 0. The summed E-state index contributed by atoms with van der Waals surface area (Å²) in [6.45, 7) is 4.02. The minimum atomic E-state index is -0.344. The summed E-state index contributed by atoms with van der Waals surface area (Å²) in [5.41, 5.74) is 4.38. The van der Waals surface area contributed by atoms with Crippen LogP contribution in [-0.2, 0) is 12.8 Å². The predicted molar refractivity (Wildman–Crippen MR) is 111 cm³/mol. The lowest BCUT2D eigenvalue weighted by atomic mass is 10.0. The van der Waals surface area contributed by atoms with Crippen molar-refractivity contribution in [1.29, 1.82) is 0 Å². The highest BCUT2D eigenvalue weighted by Gasteiger charge is 2.20. The van der Waals surface area contributed by atoms with Crippen LogP contribution < -0.4 is 14.2 Å². The van der Waals surface area contributed by atoms with Crippen molar-refractivity contribution in [2.24, 2.45) is 0 Å². The van der Waals surface area contributed by atoms with Crippen LogP contribution in [0.1, 0.15) is 25.2 Å². The Balaban J connectivity index is 2.25. The quantitative estimate of drug-likeness (QED) is 0.556. The SMILES string of the molecule is CCc1nc(-c2cc(F)ccc2OC)c(CC)nc1-c1ccc(OC)cc1OC. The number of rotatable bonds is 7. The van der Waals surface area contributed by atoms with Gasteiger partial charge in [-0.1, -0.05) is 13.8 Å². The van der Waals surface area contributed by atoms with Gasteiger partial charge in [0, 0.05) is 17.2 Å². The summed E-state index contributed by atoms with van der Waals surface area (Å²) < 4.78 is 30.3. The fourth-order valence-electron chi connectivity index (χ4n) is 3.29. The molecule has 5 nitrogen and oxygen atoms in total. The summed E-state index contributed by atoms with van der Waals surface area (Å²) in [7, 11) is 4.79. The van der Waals surface area contributed by atoms with Crippen LogP contribution in [0.15, 0.2) is 36.4 Å². The number of aryl methyl sites for hydroxylation is 2. The van der Waals surface area contributed by atoms with E-state index >= 15 is 0 Å². The van der Waals surface area contributed by atoms with Crippen molar-refractivity contribution in [3.8, 4) is 39.8 Å². The molecule has 0 radical (unpaired) electrons. The van der Waals surface area contributed by atoms with E-state index in [9.17, 15) is 4.39 Å². The van der Waals surface area contributed by atoms with Crippen molar-refractivity contribution in [2.75, 3.05) is 21.3 Å². The maximum absolute atomic E-state index is 14.0. The van der Waals surface area contributed by atoms with Gasteiger partial charge in [-0.3, -0.25) is 0 Å². The molecule has 6 heteroatoms. The lowest BCUT2D eigenvalue weighted by molar-refractivity contribution is 0.395. The van der Waals surface area contributed by atoms with E-state index in [1.165, 1.54) is 12.1 Å². The Kier molecular flexibility index (Phi) is 6.32. The van der Waals surface area contributed by atoms with E-state index in [1.807, 2.05) is 32.0 Å². The molecule has 0 saturated carbocycles. The molecule has 0 aliphatic rings. The van der Waals surface area contributed by atoms with Crippen LogP contribution in [0.5, 0.6) is 17.2 Å². The van der Waals surface area contributed by atoms with Gasteiger partial charge in [0.2, 0.25) is 0 Å². The second kappa shape index (κ2) is 8.90. The average molecular weight is 396 g/mol. The van der Waals surface area contributed by atoms with Crippen molar-refractivity contribution >= 4 is 0 Å². The molecule has 0 aliphatic carbocycles. The Hall–Kier alpha value is -3.15. The zero-order valence-electron chi connectivity index (χ0n) is 17.4. The number of ether oxygens (including phenoxy) is 3. The molecule has 0 spiro atoms. The molecule has 0 atom stereocenters. The molecule has 3 rings (SSSR count). The van der Waals surface area contributed by atoms with Crippen LogP contribution in [0.4, 0.5) is 4.39 Å². The molecule has 152 valence electrons. The minimum Gasteiger partial charge on any atom is -0.497 e. The molecule has 2 aromatic carbocycles. The Labute approximate surface area is 170 Å². The standard InChI is InChI=1S/C23H25FN2O3/c1-6-18-22(16-10-9-15(27-3)13-21(16)29-5)25-19(7-2)23(26-18)17-12-14(24)8-11-20(17)28-4/h8-13H,6-7H2,1-5H3. The summed E-state index contributed by atoms with van der Waals surface area (Å²) in [6.07, 6.45) is 1.30. The molecule has 0 saturated heterocycles. The highest BCUT2D eigenvalue weighted by Crippen LogP contribution is 2.37. The molecular formula is C23H25FN2O3. The summed E-state index contributed by atoms with van der Waals surface area (Å²) in [5.74, 6) is 1.58. The number of nitrogens with zero attached hydrogens (tertiary/aromatic N) is 2. The molecular weight excluding hydrogens is 371 g/mol. The molecule has 29 heavy (non-hydrogen) atoms. The van der Waals surface area contributed by atoms with E-state index in [0.717, 1.165) is 22.6 Å². The van der Waals surface area contributed by atoms with Crippen LogP contribution in [0.25, 0.3) is 22.5 Å². The van der Waals surface area contributed by atoms with Gasteiger partial charge in [-0.25, -0.2) is 14.4 Å². The van der Waals surface area contributed by atoms with E-state index in [2.05, 4.69) is 0 Å². The second-order valence-corrected chi connectivity index (χ2v) is 6.43. The van der Waals surface area contributed by atoms with E-state index in [0.29, 0.717) is 41.3 Å². The Morgan fingerprint density at radius 1 is 0.724 bits per heavy atom.